The highest BCUT2D eigenvalue weighted by molar-refractivity contribution is 9.10. The van der Waals surface area contributed by atoms with Crippen molar-refractivity contribution in [3.05, 3.63) is 33.1 Å². The van der Waals surface area contributed by atoms with Crippen LogP contribution in [0.25, 0.3) is 5.57 Å². The molecule has 0 spiro atoms. The van der Waals surface area contributed by atoms with Crippen LogP contribution in [0.3, 0.4) is 0 Å². The van der Waals surface area contributed by atoms with Crippen molar-refractivity contribution in [2.75, 3.05) is 11.9 Å². The third-order valence-electron chi connectivity index (χ3n) is 3.10. The number of fused-ring (bicyclic) bond motifs is 1. The molecule has 2 heterocycles. The Labute approximate surface area is 142 Å². The minimum Gasteiger partial charge on any atom is -0.480 e. The first-order valence-corrected chi connectivity index (χ1v) is 8.01. The summed E-state index contributed by atoms with van der Waals surface area (Å²) in [6.45, 7) is -0.519. The molecule has 0 atom stereocenters. The van der Waals surface area contributed by atoms with Crippen molar-refractivity contribution in [1.82, 2.24) is 4.90 Å². The summed E-state index contributed by atoms with van der Waals surface area (Å²) in [7, 11) is 0. The van der Waals surface area contributed by atoms with E-state index >= 15 is 0 Å². The molecule has 1 saturated heterocycles. The van der Waals surface area contributed by atoms with Crippen molar-refractivity contribution in [1.29, 1.82) is 0 Å². The summed E-state index contributed by atoms with van der Waals surface area (Å²) in [5.41, 5.74) is 1.42. The molecule has 2 amide bonds. The molecule has 22 heavy (non-hydrogen) atoms. The number of hydrogen-bond donors (Lipinski definition) is 2. The molecule has 0 bridgehead atoms. The van der Waals surface area contributed by atoms with E-state index < -0.39 is 24.3 Å². The van der Waals surface area contributed by atoms with Gasteiger partial charge in [-0.05, 0) is 18.2 Å². The third-order valence-corrected chi connectivity index (χ3v) is 5.04. The zero-order valence-corrected chi connectivity index (χ0v) is 14.0. The van der Waals surface area contributed by atoms with Crippen LogP contribution in [0.15, 0.2) is 27.6 Å². The lowest BCUT2D eigenvalue weighted by molar-refractivity contribution is -0.140. The smallest absolute Gasteiger partial charge is 0.323 e. The number of anilines is 1. The van der Waals surface area contributed by atoms with Crippen molar-refractivity contribution < 1.29 is 19.5 Å². The molecule has 112 valence electrons. The topological polar surface area (TPSA) is 86.7 Å². The summed E-state index contributed by atoms with van der Waals surface area (Å²) in [5.74, 6) is -2.12. The van der Waals surface area contributed by atoms with E-state index in [9.17, 15) is 14.4 Å². The summed E-state index contributed by atoms with van der Waals surface area (Å²) < 4.78 is 0.896. The quantitative estimate of drug-likeness (QED) is 0.585. The van der Waals surface area contributed by atoms with Crippen molar-refractivity contribution in [3.8, 4) is 0 Å². The maximum atomic E-state index is 12.4. The van der Waals surface area contributed by atoms with Crippen LogP contribution in [0.2, 0.25) is 0 Å². The maximum Gasteiger partial charge on any atom is 0.323 e. The van der Waals surface area contributed by atoms with Gasteiger partial charge in [-0.25, -0.2) is 0 Å². The Morgan fingerprint density at radius 3 is 2.82 bits per heavy atom. The zero-order valence-electron chi connectivity index (χ0n) is 10.8. The molecular formula is C13H7BrN2O4S2. The Morgan fingerprint density at radius 2 is 2.14 bits per heavy atom. The van der Waals surface area contributed by atoms with E-state index in [0.29, 0.717) is 11.3 Å². The number of aliphatic carboxylic acids is 1. The van der Waals surface area contributed by atoms with Crippen molar-refractivity contribution >= 4 is 73.3 Å². The highest BCUT2D eigenvalue weighted by atomic mass is 79.9. The molecule has 2 N–H and O–H groups in total. The first-order chi connectivity index (χ1) is 10.4. The predicted octanol–water partition coefficient (Wildman–Crippen LogP) is 2.06. The Morgan fingerprint density at radius 1 is 1.41 bits per heavy atom. The van der Waals surface area contributed by atoms with Crippen LogP contribution in [-0.4, -0.2) is 38.7 Å². The number of carboxylic acid groups (broad SMARTS) is 1. The van der Waals surface area contributed by atoms with Crippen LogP contribution < -0.4 is 5.32 Å². The van der Waals surface area contributed by atoms with Crippen LogP contribution in [-0.2, 0) is 14.4 Å². The molecule has 0 saturated carbocycles. The molecule has 0 unspecified atom stereocenters. The lowest BCUT2D eigenvalue weighted by atomic mass is 10.1. The standard InChI is InChI=1S/C13H7BrN2O4S2/c14-5-1-2-7-6(3-5)9(11(19)15-7)10-12(20)16(4-8(17)18)13(21)22-10/h1-3H,4H2,(H,15,19)(H,17,18). The summed E-state index contributed by atoms with van der Waals surface area (Å²) in [4.78, 5) is 36.5. The number of carbonyl (C=O) groups excluding carboxylic acids is 2. The SMILES string of the molecule is O=C(O)CN1C(=O)C(=C2C(=O)Nc3ccc(Br)cc32)SC1=S. The Hall–Kier alpha value is -1.71. The average molecular weight is 399 g/mol. The number of rotatable bonds is 2. The molecule has 6 nitrogen and oxygen atoms in total. The van der Waals surface area contributed by atoms with Gasteiger partial charge in [0.15, 0.2) is 0 Å². The lowest BCUT2D eigenvalue weighted by Crippen LogP contribution is -2.33. The van der Waals surface area contributed by atoms with Crippen LogP contribution in [0.1, 0.15) is 5.56 Å². The molecule has 2 aliphatic rings. The first-order valence-electron chi connectivity index (χ1n) is 5.99. The second kappa shape index (κ2) is 5.49. The van der Waals surface area contributed by atoms with E-state index in [1.165, 1.54) is 0 Å². The van der Waals surface area contributed by atoms with Gasteiger partial charge in [0.25, 0.3) is 11.8 Å². The van der Waals surface area contributed by atoms with Gasteiger partial charge < -0.3 is 10.4 Å². The number of nitrogens with zero attached hydrogens (tertiary/aromatic N) is 1. The lowest BCUT2D eigenvalue weighted by Gasteiger charge is -2.10. The fraction of sp³-hybridized carbons (Fsp3) is 0.0769. The van der Waals surface area contributed by atoms with E-state index in [4.69, 9.17) is 17.3 Å². The van der Waals surface area contributed by atoms with Crippen LogP contribution in [0, 0.1) is 0 Å². The molecular weight excluding hydrogens is 392 g/mol. The van der Waals surface area contributed by atoms with Gasteiger partial charge in [-0.3, -0.25) is 19.3 Å². The van der Waals surface area contributed by atoms with E-state index in [1.807, 2.05) is 0 Å². The van der Waals surface area contributed by atoms with Gasteiger partial charge >= 0.3 is 5.97 Å². The van der Waals surface area contributed by atoms with Crippen LogP contribution in [0.5, 0.6) is 0 Å². The number of amides is 2. The Kier molecular flexibility index (Phi) is 3.79. The van der Waals surface area contributed by atoms with Gasteiger partial charge in [0.05, 0.1) is 10.5 Å². The number of hydrogen-bond acceptors (Lipinski definition) is 5. The number of carboxylic acids is 1. The second-order valence-electron chi connectivity index (χ2n) is 4.50. The molecule has 1 aromatic rings. The van der Waals surface area contributed by atoms with Gasteiger partial charge in [0, 0.05) is 15.7 Å². The fourth-order valence-electron chi connectivity index (χ4n) is 2.19. The average Bonchev–Trinajstić information content (AvgIpc) is 2.88. The van der Waals surface area contributed by atoms with E-state index in [2.05, 4.69) is 21.2 Å². The number of benzene rings is 1. The van der Waals surface area contributed by atoms with Gasteiger partial charge in [-0.2, -0.15) is 0 Å². The fourth-order valence-corrected chi connectivity index (χ4v) is 3.88. The Bertz CT molecular complexity index is 790. The predicted molar refractivity (Wildman–Crippen MR) is 89.2 cm³/mol. The summed E-state index contributed by atoms with van der Waals surface area (Å²) in [5, 5.41) is 11.5. The maximum absolute atomic E-state index is 12.4. The van der Waals surface area contributed by atoms with Crippen LogP contribution >= 0.6 is 39.9 Å². The first kappa shape index (κ1) is 15.2. The number of nitrogens with one attached hydrogen (secondary N) is 1. The molecule has 2 aliphatic heterocycles. The number of thiocarbonyl (C=S) groups is 1. The van der Waals surface area contributed by atoms with Crippen molar-refractivity contribution in [2.45, 2.75) is 0 Å². The molecule has 0 aromatic heterocycles. The van der Waals surface area contributed by atoms with Gasteiger partial charge in [-0.15, -0.1) is 0 Å². The second-order valence-corrected chi connectivity index (χ2v) is 7.06. The minimum absolute atomic E-state index is 0.131. The molecule has 0 radical (unpaired) electrons. The van der Waals surface area contributed by atoms with Crippen molar-refractivity contribution in [3.63, 3.8) is 0 Å². The molecule has 0 aliphatic carbocycles. The minimum atomic E-state index is -1.17. The molecule has 3 rings (SSSR count). The normalized spacial score (nSPS) is 20.4. The zero-order chi connectivity index (χ0) is 16.0. The van der Waals surface area contributed by atoms with Crippen LogP contribution in [0.4, 0.5) is 5.69 Å². The molecule has 1 aromatic carbocycles. The van der Waals surface area contributed by atoms with E-state index in [-0.39, 0.29) is 14.8 Å². The highest BCUT2D eigenvalue weighted by Gasteiger charge is 2.39. The largest absolute Gasteiger partial charge is 0.480 e. The van der Waals surface area contributed by atoms with Crippen molar-refractivity contribution in [2.24, 2.45) is 0 Å². The molecule has 1 fully saturated rings. The number of halogens is 1. The Balaban J connectivity index is 2.10. The summed E-state index contributed by atoms with van der Waals surface area (Å²) in [6.07, 6.45) is 0. The van der Waals surface area contributed by atoms with E-state index in [1.54, 1.807) is 18.2 Å². The van der Waals surface area contributed by atoms with Gasteiger partial charge in [0.1, 0.15) is 10.9 Å². The summed E-state index contributed by atoms with van der Waals surface area (Å²) in [6, 6.07) is 5.23. The van der Waals surface area contributed by atoms with E-state index in [0.717, 1.165) is 21.1 Å². The monoisotopic (exact) mass is 398 g/mol. The summed E-state index contributed by atoms with van der Waals surface area (Å²) >= 11 is 9.31. The number of thioether (sulfide) groups is 1. The number of carbonyl (C=O) groups is 3. The molecule has 9 heteroatoms. The highest BCUT2D eigenvalue weighted by Crippen LogP contribution is 2.42. The third kappa shape index (κ3) is 2.44. The van der Waals surface area contributed by atoms with Gasteiger partial charge in [0.2, 0.25) is 0 Å². The van der Waals surface area contributed by atoms with Gasteiger partial charge in [-0.1, -0.05) is 39.9 Å².